The van der Waals surface area contributed by atoms with Crippen molar-refractivity contribution >= 4 is 87.2 Å². The third-order valence-corrected chi connectivity index (χ3v) is 12.4. The lowest BCUT2D eigenvalue weighted by Gasteiger charge is -2.26. The van der Waals surface area contributed by atoms with E-state index < -0.39 is 0 Å². The number of hydrogen-bond donors (Lipinski definition) is 0. The number of benzene rings is 8. The molecule has 0 amide bonds. The minimum Gasteiger partial charge on any atom is -0.309 e. The molecule has 11 rings (SSSR count). The molecule has 3 aromatic heterocycles. The zero-order chi connectivity index (χ0) is 39.1. The minimum atomic E-state index is 1.01. The largest absolute Gasteiger partial charge is 0.309 e. The average Bonchev–Trinajstić information content (AvgIpc) is 3.70. The molecule has 0 N–H and O–H groups in total. The molecule has 0 spiro atoms. The van der Waals surface area contributed by atoms with Crippen LogP contribution in [-0.4, -0.2) is 9.97 Å². The van der Waals surface area contributed by atoms with E-state index in [2.05, 4.69) is 202 Å². The van der Waals surface area contributed by atoms with Gasteiger partial charge in [-0.2, -0.15) is 0 Å². The van der Waals surface area contributed by atoms with Gasteiger partial charge in [-0.1, -0.05) is 121 Å². The zero-order valence-electron chi connectivity index (χ0n) is 32.0. The van der Waals surface area contributed by atoms with Crippen LogP contribution in [0, 0.1) is 0 Å². The molecule has 0 unspecified atom stereocenters. The first-order valence-corrected chi connectivity index (χ1v) is 20.6. The molecule has 0 radical (unpaired) electrons. The Morgan fingerprint density at radius 2 is 0.797 bits per heavy atom. The highest BCUT2D eigenvalue weighted by molar-refractivity contribution is 7.27. The maximum atomic E-state index is 4.53. The normalized spacial score (nSPS) is 11.4. The van der Waals surface area contributed by atoms with Gasteiger partial charge in [0.15, 0.2) is 0 Å². The van der Waals surface area contributed by atoms with Gasteiger partial charge in [0.2, 0.25) is 0 Å². The Morgan fingerprint density at radius 3 is 1.34 bits per heavy atom. The number of anilines is 6. The number of rotatable bonds is 8. The second-order valence-corrected chi connectivity index (χ2v) is 15.7. The number of hydrogen-bond acceptors (Lipinski definition) is 5. The number of nitrogens with zero attached hydrogens (tertiary/aromatic N) is 4. The van der Waals surface area contributed by atoms with E-state index in [9.17, 15) is 0 Å². The van der Waals surface area contributed by atoms with E-state index in [0.29, 0.717) is 0 Å². The van der Waals surface area contributed by atoms with Crippen LogP contribution in [0.4, 0.5) is 34.1 Å². The molecular weight excluding hydrogens is 737 g/mol. The van der Waals surface area contributed by atoms with E-state index in [1.54, 1.807) is 0 Å². The van der Waals surface area contributed by atoms with E-state index in [4.69, 9.17) is 0 Å². The summed E-state index contributed by atoms with van der Waals surface area (Å²) >= 11 is 1.87. The monoisotopic (exact) mass is 772 g/mol. The summed E-state index contributed by atoms with van der Waals surface area (Å²) in [5.41, 5.74) is 11.1. The fourth-order valence-corrected chi connectivity index (χ4v) is 9.73. The summed E-state index contributed by atoms with van der Waals surface area (Å²) < 4.78 is 2.53. The average molecular weight is 773 g/mol. The third-order valence-electron chi connectivity index (χ3n) is 11.2. The second-order valence-electron chi connectivity index (χ2n) is 14.7. The molecule has 0 aliphatic rings. The van der Waals surface area contributed by atoms with E-state index in [1.807, 2.05) is 48.3 Å². The Kier molecular flexibility index (Phi) is 8.64. The minimum absolute atomic E-state index is 1.01. The molecule has 0 fully saturated rings. The van der Waals surface area contributed by atoms with Crippen LogP contribution in [0.15, 0.2) is 219 Å². The van der Waals surface area contributed by atoms with Crippen LogP contribution >= 0.6 is 11.3 Å². The first-order chi connectivity index (χ1) is 29.3. The van der Waals surface area contributed by atoms with Crippen molar-refractivity contribution in [2.75, 3.05) is 9.80 Å². The van der Waals surface area contributed by atoms with Crippen LogP contribution in [0.3, 0.4) is 0 Å². The van der Waals surface area contributed by atoms with Gasteiger partial charge < -0.3 is 9.80 Å². The third kappa shape index (κ3) is 6.25. The van der Waals surface area contributed by atoms with E-state index in [0.717, 1.165) is 34.1 Å². The van der Waals surface area contributed by atoms with Crippen molar-refractivity contribution in [2.24, 2.45) is 0 Å². The summed E-state index contributed by atoms with van der Waals surface area (Å²) in [6.07, 6.45) is 7.53. The van der Waals surface area contributed by atoms with Crippen molar-refractivity contribution < 1.29 is 0 Å². The van der Waals surface area contributed by atoms with E-state index in [-0.39, 0.29) is 0 Å². The summed E-state index contributed by atoms with van der Waals surface area (Å²) in [6.45, 7) is 0. The Bertz CT molecular complexity index is 3240. The highest BCUT2D eigenvalue weighted by atomic mass is 32.1. The Hall–Kier alpha value is -7.60. The van der Waals surface area contributed by atoms with Crippen LogP contribution in [0.5, 0.6) is 0 Å². The predicted octanol–water partition coefficient (Wildman–Crippen LogP) is 15.4. The van der Waals surface area contributed by atoms with Crippen molar-refractivity contribution in [3.8, 4) is 22.3 Å². The molecule has 0 aliphatic carbocycles. The standard InChI is InChI=1S/C54H36N4S/c1-3-11-37(12-4-1)39-19-23-41(24-20-39)57(45-15-9-31-55-35-45)43-27-29-49-51(33-43)47-17-7-8-18-48(47)53-50-30-28-44(34-52(50)59-54(49)53)58(46-16-10-32-56-36-46)42-25-21-40(22-26-42)38-13-5-2-6-14-38/h1-36H. The molecule has 5 heteroatoms. The smallest absolute Gasteiger partial charge is 0.0644 e. The molecule has 11 aromatic rings. The Labute approximate surface area is 346 Å². The maximum Gasteiger partial charge on any atom is 0.0644 e. The van der Waals surface area contributed by atoms with Crippen LogP contribution in [0.1, 0.15) is 0 Å². The van der Waals surface area contributed by atoms with Crippen LogP contribution in [0.25, 0.3) is 64.0 Å². The maximum absolute atomic E-state index is 4.53. The van der Waals surface area contributed by atoms with Gasteiger partial charge in [0.05, 0.1) is 23.8 Å². The second kappa shape index (κ2) is 14.7. The van der Waals surface area contributed by atoms with Gasteiger partial charge in [-0.3, -0.25) is 9.97 Å². The quantitative estimate of drug-likeness (QED) is 0.144. The van der Waals surface area contributed by atoms with Gasteiger partial charge in [0, 0.05) is 60.7 Å². The number of thiophene rings is 1. The molecule has 0 aliphatic heterocycles. The summed E-state index contributed by atoms with van der Waals surface area (Å²) in [5, 5.41) is 7.53. The summed E-state index contributed by atoms with van der Waals surface area (Å²) in [6, 6.07) is 69.6. The fourth-order valence-electron chi connectivity index (χ4n) is 8.44. The zero-order valence-corrected chi connectivity index (χ0v) is 32.8. The molecular formula is C54H36N4S. The number of aromatic nitrogens is 2. The molecule has 0 saturated heterocycles. The topological polar surface area (TPSA) is 32.3 Å². The molecule has 278 valence electrons. The lowest BCUT2D eigenvalue weighted by molar-refractivity contribution is 1.23. The van der Waals surface area contributed by atoms with Crippen LogP contribution in [-0.2, 0) is 0 Å². The SMILES string of the molecule is c1ccc(-c2ccc(N(c3cccnc3)c3ccc4c(c3)sc3c5ccc(N(c6ccc(-c7ccccc7)cc6)c6cccnc6)cc5c5ccccc5c43)cc2)cc1. The van der Waals surface area contributed by atoms with Gasteiger partial charge in [0.25, 0.3) is 0 Å². The van der Waals surface area contributed by atoms with Gasteiger partial charge >= 0.3 is 0 Å². The molecule has 0 bridgehead atoms. The Morgan fingerprint density at radius 1 is 0.322 bits per heavy atom. The molecule has 0 atom stereocenters. The first-order valence-electron chi connectivity index (χ1n) is 19.8. The predicted molar refractivity (Wildman–Crippen MR) is 250 cm³/mol. The number of fused-ring (bicyclic) bond motifs is 8. The molecule has 8 aromatic carbocycles. The number of pyridine rings is 2. The molecule has 0 saturated carbocycles. The van der Waals surface area contributed by atoms with E-state index in [1.165, 1.54) is 64.0 Å². The lowest BCUT2D eigenvalue weighted by Crippen LogP contribution is -2.10. The summed E-state index contributed by atoms with van der Waals surface area (Å²) in [4.78, 5) is 13.6. The lowest BCUT2D eigenvalue weighted by atomic mass is 9.96. The Balaban J connectivity index is 1.05. The molecule has 3 heterocycles. The summed E-state index contributed by atoms with van der Waals surface area (Å²) in [7, 11) is 0. The highest BCUT2D eigenvalue weighted by Gasteiger charge is 2.20. The van der Waals surface area contributed by atoms with Crippen molar-refractivity contribution in [1.29, 1.82) is 0 Å². The van der Waals surface area contributed by atoms with Gasteiger partial charge in [-0.05, 0) is 111 Å². The van der Waals surface area contributed by atoms with Gasteiger partial charge in [-0.25, -0.2) is 0 Å². The van der Waals surface area contributed by atoms with Crippen molar-refractivity contribution in [3.63, 3.8) is 0 Å². The van der Waals surface area contributed by atoms with Crippen LogP contribution < -0.4 is 9.80 Å². The highest BCUT2D eigenvalue weighted by Crippen LogP contribution is 2.48. The van der Waals surface area contributed by atoms with Crippen molar-refractivity contribution in [3.05, 3.63) is 219 Å². The molecule has 59 heavy (non-hydrogen) atoms. The fraction of sp³-hybridized carbons (Fsp3) is 0. The van der Waals surface area contributed by atoms with Crippen LogP contribution in [0.2, 0.25) is 0 Å². The van der Waals surface area contributed by atoms with Crippen molar-refractivity contribution in [2.45, 2.75) is 0 Å². The molecule has 4 nitrogen and oxygen atoms in total. The van der Waals surface area contributed by atoms with E-state index >= 15 is 0 Å². The van der Waals surface area contributed by atoms with Gasteiger partial charge in [-0.15, -0.1) is 11.3 Å². The van der Waals surface area contributed by atoms with Crippen molar-refractivity contribution in [1.82, 2.24) is 9.97 Å². The first kappa shape index (κ1) is 34.6. The summed E-state index contributed by atoms with van der Waals surface area (Å²) in [5.74, 6) is 0. The van der Waals surface area contributed by atoms with Gasteiger partial charge in [0.1, 0.15) is 0 Å².